The summed E-state index contributed by atoms with van der Waals surface area (Å²) in [5, 5.41) is 0. The van der Waals surface area contributed by atoms with Crippen molar-refractivity contribution in [2.24, 2.45) is 0 Å². The molecule has 0 atom stereocenters. The smallest absolute Gasteiger partial charge is 0.246 e. The summed E-state index contributed by atoms with van der Waals surface area (Å²) in [4.78, 5) is 0. The van der Waals surface area contributed by atoms with E-state index in [0.29, 0.717) is 0 Å². The van der Waals surface area contributed by atoms with Crippen LogP contribution in [0.5, 0.6) is 11.5 Å². The van der Waals surface area contributed by atoms with Crippen LogP contribution in [0.2, 0.25) is 0 Å². The molecule has 13 heavy (non-hydrogen) atoms. The maximum absolute atomic E-state index is 5.52. The van der Waals surface area contributed by atoms with Crippen molar-refractivity contribution in [3.8, 4) is 23.8 Å². The van der Waals surface area contributed by atoms with Gasteiger partial charge in [0.05, 0.1) is 0 Å². The van der Waals surface area contributed by atoms with Gasteiger partial charge in [0.25, 0.3) is 0 Å². The summed E-state index contributed by atoms with van der Waals surface area (Å²) >= 11 is 0. The number of fused-ring (bicyclic) bond motifs is 1. The van der Waals surface area contributed by atoms with Crippen LogP contribution < -0.4 is 9.47 Å². The van der Waals surface area contributed by atoms with Gasteiger partial charge in [-0.1, -0.05) is 5.92 Å². The van der Waals surface area contributed by atoms with Gasteiger partial charge in [-0.2, -0.15) is 0 Å². The predicted molar refractivity (Wildman–Crippen MR) is 49.7 cm³/mol. The van der Waals surface area contributed by atoms with E-state index in [1.807, 2.05) is 32.0 Å². The molecular formula is C11H10O2. The number of terminal acetylenes is 1. The van der Waals surface area contributed by atoms with Crippen LogP contribution in [-0.4, -0.2) is 5.79 Å². The molecule has 2 rings (SSSR count). The van der Waals surface area contributed by atoms with Crippen molar-refractivity contribution in [1.29, 1.82) is 0 Å². The minimum Gasteiger partial charge on any atom is -0.449 e. The van der Waals surface area contributed by atoms with Crippen LogP contribution >= 0.6 is 0 Å². The summed E-state index contributed by atoms with van der Waals surface area (Å²) in [6.07, 6.45) is 5.27. The molecule has 2 nitrogen and oxygen atoms in total. The lowest BCUT2D eigenvalue weighted by molar-refractivity contribution is -0.0431. The Labute approximate surface area is 77.5 Å². The second kappa shape index (κ2) is 2.43. The maximum atomic E-state index is 5.52. The van der Waals surface area contributed by atoms with E-state index in [2.05, 4.69) is 5.92 Å². The van der Waals surface area contributed by atoms with Gasteiger partial charge in [-0.3, -0.25) is 0 Å². The van der Waals surface area contributed by atoms with Crippen LogP contribution in [0.4, 0.5) is 0 Å². The monoisotopic (exact) mass is 174 g/mol. The fourth-order valence-corrected chi connectivity index (χ4v) is 1.31. The van der Waals surface area contributed by atoms with E-state index in [4.69, 9.17) is 15.9 Å². The van der Waals surface area contributed by atoms with Crippen molar-refractivity contribution in [3.63, 3.8) is 0 Å². The first-order valence-corrected chi connectivity index (χ1v) is 4.09. The fraction of sp³-hybridized carbons (Fsp3) is 0.273. The molecule has 0 saturated heterocycles. The second-order valence-electron chi connectivity index (χ2n) is 3.41. The van der Waals surface area contributed by atoms with Gasteiger partial charge in [-0.05, 0) is 18.2 Å². The zero-order valence-electron chi connectivity index (χ0n) is 7.63. The average Bonchev–Trinajstić information content (AvgIpc) is 2.36. The Bertz CT molecular complexity index is 386. The molecule has 0 aromatic heterocycles. The van der Waals surface area contributed by atoms with Crippen molar-refractivity contribution in [2.45, 2.75) is 19.6 Å². The molecule has 0 aliphatic carbocycles. The van der Waals surface area contributed by atoms with E-state index in [1.165, 1.54) is 0 Å². The van der Waals surface area contributed by atoms with Gasteiger partial charge < -0.3 is 9.47 Å². The highest BCUT2D eigenvalue weighted by Crippen LogP contribution is 2.39. The fourth-order valence-electron chi connectivity index (χ4n) is 1.31. The lowest BCUT2D eigenvalue weighted by atomic mass is 10.2. The lowest BCUT2D eigenvalue weighted by Crippen LogP contribution is -2.29. The van der Waals surface area contributed by atoms with Gasteiger partial charge in [0, 0.05) is 19.4 Å². The zero-order valence-corrected chi connectivity index (χ0v) is 7.63. The molecule has 0 radical (unpaired) electrons. The average molecular weight is 174 g/mol. The van der Waals surface area contributed by atoms with E-state index in [0.717, 1.165) is 17.1 Å². The third-order valence-corrected chi connectivity index (χ3v) is 1.82. The summed E-state index contributed by atoms with van der Waals surface area (Å²) < 4.78 is 11.0. The maximum Gasteiger partial charge on any atom is 0.246 e. The first-order valence-electron chi connectivity index (χ1n) is 4.09. The molecule has 0 bridgehead atoms. The molecule has 0 fully saturated rings. The van der Waals surface area contributed by atoms with Gasteiger partial charge in [-0.25, -0.2) is 0 Å². The van der Waals surface area contributed by atoms with E-state index >= 15 is 0 Å². The Balaban J connectivity index is 2.43. The number of rotatable bonds is 0. The van der Waals surface area contributed by atoms with Crippen LogP contribution in [0.15, 0.2) is 18.2 Å². The van der Waals surface area contributed by atoms with Crippen molar-refractivity contribution < 1.29 is 9.47 Å². The molecule has 0 saturated carbocycles. The van der Waals surface area contributed by atoms with E-state index in [9.17, 15) is 0 Å². The Morgan fingerprint density at radius 1 is 1.23 bits per heavy atom. The highest BCUT2D eigenvalue weighted by Gasteiger charge is 2.31. The lowest BCUT2D eigenvalue weighted by Gasteiger charge is -2.16. The van der Waals surface area contributed by atoms with Crippen LogP contribution in [-0.2, 0) is 0 Å². The van der Waals surface area contributed by atoms with Gasteiger partial charge in [0.1, 0.15) is 0 Å². The molecule has 0 amide bonds. The largest absolute Gasteiger partial charge is 0.449 e. The highest BCUT2D eigenvalue weighted by molar-refractivity contribution is 5.49. The minimum atomic E-state index is -0.574. The quantitative estimate of drug-likeness (QED) is 0.561. The summed E-state index contributed by atoms with van der Waals surface area (Å²) in [7, 11) is 0. The normalized spacial score (nSPS) is 16.7. The molecule has 66 valence electrons. The Morgan fingerprint density at radius 2 is 1.92 bits per heavy atom. The van der Waals surface area contributed by atoms with Crippen molar-refractivity contribution >= 4 is 0 Å². The van der Waals surface area contributed by atoms with E-state index < -0.39 is 5.79 Å². The number of hydrogen-bond donors (Lipinski definition) is 0. The van der Waals surface area contributed by atoms with Gasteiger partial charge in [-0.15, -0.1) is 6.42 Å². The molecule has 1 aromatic carbocycles. The molecule has 1 aromatic rings. The predicted octanol–water partition coefficient (Wildman–Crippen LogP) is 2.18. The van der Waals surface area contributed by atoms with Crippen molar-refractivity contribution in [3.05, 3.63) is 23.8 Å². The van der Waals surface area contributed by atoms with Gasteiger partial charge in [0.15, 0.2) is 11.5 Å². The van der Waals surface area contributed by atoms with Crippen molar-refractivity contribution in [2.75, 3.05) is 0 Å². The zero-order chi connectivity index (χ0) is 9.47. The minimum absolute atomic E-state index is 0.574. The summed E-state index contributed by atoms with van der Waals surface area (Å²) in [6.45, 7) is 3.73. The summed E-state index contributed by atoms with van der Waals surface area (Å²) in [6, 6.07) is 5.48. The van der Waals surface area contributed by atoms with Gasteiger partial charge >= 0.3 is 0 Å². The molecule has 1 heterocycles. The number of hydrogen-bond acceptors (Lipinski definition) is 2. The second-order valence-corrected chi connectivity index (χ2v) is 3.41. The van der Waals surface area contributed by atoms with Crippen LogP contribution in [0.1, 0.15) is 19.4 Å². The third kappa shape index (κ3) is 1.33. The molecule has 0 spiro atoms. The highest BCUT2D eigenvalue weighted by atomic mass is 16.7. The molecule has 2 heteroatoms. The van der Waals surface area contributed by atoms with E-state index in [1.54, 1.807) is 0 Å². The molecule has 0 N–H and O–H groups in total. The Hall–Kier alpha value is -1.62. The standard InChI is InChI=1S/C11H10O2/c1-4-8-5-6-9-10(7-8)13-11(2,3)12-9/h1,5-7H,2-3H3. The van der Waals surface area contributed by atoms with E-state index in [-0.39, 0.29) is 0 Å². The van der Waals surface area contributed by atoms with Crippen molar-refractivity contribution in [1.82, 2.24) is 0 Å². The van der Waals surface area contributed by atoms with Crippen LogP contribution in [0.25, 0.3) is 0 Å². The Kier molecular flexibility index (Phi) is 1.50. The van der Waals surface area contributed by atoms with Crippen LogP contribution in [0, 0.1) is 12.3 Å². The van der Waals surface area contributed by atoms with Gasteiger partial charge in [0.2, 0.25) is 5.79 Å². The number of ether oxygens (including phenoxy) is 2. The third-order valence-electron chi connectivity index (χ3n) is 1.82. The summed E-state index contributed by atoms with van der Waals surface area (Å²) in [5.41, 5.74) is 0.806. The molecule has 0 unspecified atom stereocenters. The first kappa shape index (κ1) is 8.00. The van der Waals surface area contributed by atoms with Crippen LogP contribution in [0.3, 0.4) is 0 Å². The first-order chi connectivity index (χ1) is 6.11. The molecular weight excluding hydrogens is 164 g/mol. The molecule has 1 aliphatic heterocycles. The Morgan fingerprint density at radius 3 is 2.62 bits per heavy atom. The summed E-state index contributed by atoms with van der Waals surface area (Å²) in [5.74, 6) is 3.45. The SMILES string of the molecule is C#Cc1ccc2c(c1)OC(C)(C)O2. The number of benzene rings is 1. The topological polar surface area (TPSA) is 18.5 Å². The molecule has 1 aliphatic rings.